The van der Waals surface area contributed by atoms with Crippen LogP contribution in [0.15, 0.2) is 28.8 Å². The third-order valence-electron chi connectivity index (χ3n) is 2.32. The van der Waals surface area contributed by atoms with E-state index < -0.39 is 17.7 Å². The van der Waals surface area contributed by atoms with Gasteiger partial charge in [-0.1, -0.05) is 5.16 Å². The normalized spacial score (nSPS) is 10.2. The summed E-state index contributed by atoms with van der Waals surface area (Å²) in [5, 5.41) is 14.8. The Morgan fingerprint density at radius 1 is 1.37 bits per heavy atom. The minimum atomic E-state index is -1.34. The molecule has 1 amide bonds. The van der Waals surface area contributed by atoms with Crippen LogP contribution in [0, 0.1) is 12.7 Å². The van der Waals surface area contributed by atoms with Crippen LogP contribution in [0.2, 0.25) is 0 Å². The molecule has 0 saturated heterocycles. The van der Waals surface area contributed by atoms with E-state index >= 15 is 0 Å². The highest BCUT2D eigenvalue weighted by Gasteiger charge is 2.16. The van der Waals surface area contributed by atoms with Gasteiger partial charge in [-0.05, 0) is 25.1 Å². The maximum atomic E-state index is 13.0. The van der Waals surface area contributed by atoms with Gasteiger partial charge < -0.3 is 14.9 Å². The fourth-order valence-electron chi connectivity index (χ4n) is 1.46. The zero-order valence-corrected chi connectivity index (χ0v) is 9.81. The third-order valence-corrected chi connectivity index (χ3v) is 2.32. The lowest BCUT2D eigenvalue weighted by Crippen LogP contribution is -2.15. The minimum absolute atomic E-state index is 0.0122. The molecule has 1 aromatic heterocycles. The summed E-state index contributed by atoms with van der Waals surface area (Å²) in [5.41, 5.74) is -0.341. The highest BCUT2D eigenvalue weighted by molar-refractivity contribution is 6.06. The number of anilines is 1. The van der Waals surface area contributed by atoms with Crippen molar-refractivity contribution in [2.75, 3.05) is 5.32 Å². The second-order valence-corrected chi connectivity index (χ2v) is 3.77. The second kappa shape index (κ2) is 4.89. The number of hydrogen-bond acceptors (Lipinski definition) is 4. The predicted molar refractivity (Wildman–Crippen MR) is 62.6 cm³/mol. The molecule has 0 aliphatic rings. The van der Waals surface area contributed by atoms with Crippen LogP contribution < -0.4 is 5.32 Å². The SMILES string of the molecule is Cc1cc(C(=O)Nc2ccc(F)cc2C(=O)O)no1. The average molecular weight is 264 g/mol. The van der Waals surface area contributed by atoms with Gasteiger partial charge in [-0.3, -0.25) is 4.79 Å². The van der Waals surface area contributed by atoms with Crippen molar-refractivity contribution in [3.63, 3.8) is 0 Å². The van der Waals surface area contributed by atoms with E-state index in [1.165, 1.54) is 12.1 Å². The molecule has 0 fully saturated rings. The van der Waals surface area contributed by atoms with Crippen LogP contribution in [0.3, 0.4) is 0 Å². The summed E-state index contributed by atoms with van der Waals surface area (Å²) < 4.78 is 17.7. The van der Waals surface area contributed by atoms with E-state index in [4.69, 9.17) is 9.63 Å². The molecular weight excluding hydrogens is 255 g/mol. The largest absolute Gasteiger partial charge is 0.478 e. The number of rotatable bonds is 3. The van der Waals surface area contributed by atoms with Crippen LogP contribution in [0.1, 0.15) is 26.6 Å². The first-order valence-corrected chi connectivity index (χ1v) is 5.25. The van der Waals surface area contributed by atoms with Crippen molar-refractivity contribution in [3.05, 3.63) is 47.1 Å². The Morgan fingerprint density at radius 3 is 2.68 bits per heavy atom. The summed E-state index contributed by atoms with van der Waals surface area (Å²) in [5.74, 6) is -2.23. The number of carbonyl (C=O) groups excluding carboxylic acids is 1. The highest BCUT2D eigenvalue weighted by Crippen LogP contribution is 2.18. The molecule has 0 atom stereocenters. The van der Waals surface area contributed by atoms with E-state index in [1.54, 1.807) is 6.92 Å². The second-order valence-electron chi connectivity index (χ2n) is 3.77. The number of aromatic nitrogens is 1. The van der Waals surface area contributed by atoms with Crippen LogP contribution in [0.4, 0.5) is 10.1 Å². The average Bonchev–Trinajstić information content (AvgIpc) is 2.78. The van der Waals surface area contributed by atoms with E-state index in [-0.39, 0.29) is 16.9 Å². The topological polar surface area (TPSA) is 92.4 Å². The van der Waals surface area contributed by atoms with E-state index in [9.17, 15) is 14.0 Å². The molecule has 1 aromatic carbocycles. The van der Waals surface area contributed by atoms with Crippen LogP contribution in [-0.4, -0.2) is 22.1 Å². The first-order chi connectivity index (χ1) is 8.97. The van der Waals surface area contributed by atoms with Crippen molar-refractivity contribution in [1.82, 2.24) is 5.16 Å². The number of benzene rings is 1. The molecule has 0 radical (unpaired) electrons. The summed E-state index contributed by atoms with van der Waals surface area (Å²) in [6.45, 7) is 1.62. The standard InChI is InChI=1S/C12H9FN2O4/c1-6-4-10(15-19-6)11(16)14-9-3-2-7(13)5-8(9)12(17)18/h2-5H,1H3,(H,14,16)(H,17,18). The molecule has 0 saturated carbocycles. The monoisotopic (exact) mass is 264 g/mol. The number of carboxylic acid groups (broad SMARTS) is 1. The molecule has 2 N–H and O–H groups in total. The number of aryl methyl sites for hydroxylation is 1. The van der Waals surface area contributed by atoms with Gasteiger partial charge in [0.1, 0.15) is 11.6 Å². The van der Waals surface area contributed by atoms with Gasteiger partial charge in [-0.2, -0.15) is 0 Å². The molecule has 19 heavy (non-hydrogen) atoms. The number of amides is 1. The molecule has 2 rings (SSSR count). The van der Waals surface area contributed by atoms with Crippen molar-refractivity contribution in [2.24, 2.45) is 0 Å². The van der Waals surface area contributed by atoms with Crippen molar-refractivity contribution in [1.29, 1.82) is 0 Å². The first-order valence-electron chi connectivity index (χ1n) is 5.25. The third kappa shape index (κ3) is 2.76. The molecule has 1 heterocycles. The van der Waals surface area contributed by atoms with Gasteiger partial charge in [-0.25, -0.2) is 9.18 Å². The van der Waals surface area contributed by atoms with Crippen LogP contribution in [-0.2, 0) is 0 Å². The molecule has 98 valence electrons. The number of carboxylic acids is 1. The van der Waals surface area contributed by atoms with E-state index in [1.807, 2.05) is 0 Å². The Labute approximate surface area is 106 Å². The van der Waals surface area contributed by atoms with Crippen molar-refractivity contribution in [3.8, 4) is 0 Å². The van der Waals surface area contributed by atoms with Crippen LogP contribution >= 0.6 is 0 Å². The Balaban J connectivity index is 2.28. The van der Waals surface area contributed by atoms with Crippen LogP contribution in [0.25, 0.3) is 0 Å². The lowest BCUT2D eigenvalue weighted by molar-refractivity contribution is 0.0697. The Hall–Kier alpha value is -2.70. The molecule has 0 spiro atoms. The molecule has 0 aliphatic carbocycles. The zero-order valence-electron chi connectivity index (χ0n) is 9.81. The number of hydrogen-bond donors (Lipinski definition) is 2. The summed E-state index contributed by atoms with van der Waals surface area (Å²) >= 11 is 0. The zero-order chi connectivity index (χ0) is 14.0. The molecule has 6 nitrogen and oxygen atoms in total. The van der Waals surface area contributed by atoms with E-state index in [2.05, 4.69) is 10.5 Å². The van der Waals surface area contributed by atoms with Crippen LogP contribution in [0.5, 0.6) is 0 Å². The highest BCUT2D eigenvalue weighted by atomic mass is 19.1. The Bertz CT molecular complexity index is 651. The molecule has 0 bridgehead atoms. The Kier molecular flexibility index (Phi) is 3.28. The predicted octanol–water partition coefficient (Wildman–Crippen LogP) is 2.07. The smallest absolute Gasteiger partial charge is 0.337 e. The fraction of sp³-hybridized carbons (Fsp3) is 0.0833. The summed E-state index contributed by atoms with van der Waals surface area (Å²) in [6, 6.07) is 4.45. The summed E-state index contributed by atoms with van der Waals surface area (Å²) in [6.07, 6.45) is 0. The molecule has 0 unspecified atom stereocenters. The van der Waals surface area contributed by atoms with Gasteiger partial charge in [0, 0.05) is 6.07 Å². The number of halogens is 1. The number of nitrogens with zero attached hydrogens (tertiary/aromatic N) is 1. The Morgan fingerprint density at radius 2 is 2.11 bits per heavy atom. The lowest BCUT2D eigenvalue weighted by Gasteiger charge is -2.06. The number of nitrogens with one attached hydrogen (secondary N) is 1. The quantitative estimate of drug-likeness (QED) is 0.885. The number of carbonyl (C=O) groups is 2. The van der Waals surface area contributed by atoms with Gasteiger partial charge in [0.25, 0.3) is 5.91 Å². The van der Waals surface area contributed by atoms with Gasteiger partial charge in [0.15, 0.2) is 5.69 Å². The maximum Gasteiger partial charge on any atom is 0.337 e. The number of aromatic carboxylic acids is 1. The minimum Gasteiger partial charge on any atom is -0.478 e. The van der Waals surface area contributed by atoms with Crippen molar-refractivity contribution >= 4 is 17.6 Å². The van der Waals surface area contributed by atoms with Gasteiger partial charge >= 0.3 is 5.97 Å². The lowest BCUT2D eigenvalue weighted by atomic mass is 10.1. The molecule has 0 aliphatic heterocycles. The van der Waals surface area contributed by atoms with Gasteiger partial charge in [0.2, 0.25) is 0 Å². The van der Waals surface area contributed by atoms with Crippen molar-refractivity contribution < 1.29 is 23.6 Å². The molecule has 2 aromatic rings. The molecular formula is C12H9FN2O4. The summed E-state index contributed by atoms with van der Waals surface area (Å²) in [7, 11) is 0. The fourth-order valence-corrected chi connectivity index (χ4v) is 1.46. The molecule has 7 heteroatoms. The first kappa shape index (κ1) is 12.7. The van der Waals surface area contributed by atoms with Crippen molar-refractivity contribution in [2.45, 2.75) is 6.92 Å². The maximum absolute atomic E-state index is 13.0. The van der Waals surface area contributed by atoms with Gasteiger partial charge in [-0.15, -0.1) is 0 Å². The van der Waals surface area contributed by atoms with Gasteiger partial charge in [0.05, 0.1) is 11.3 Å². The summed E-state index contributed by atoms with van der Waals surface area (Å²) in [4.78, 5) is 22.7. The van der Waals surface area contributed by atoms with E-state index in [0.717, 1.165) is 12.1 Å². The van der Waals surface area contributed by atoms with E-state index in [0.29, 0.717) is 5.76 Å².